The second-order valence-corrected chi connectivity index (χ2v) is 6.09. The van der Waals surface area contributed by atoms with Crippen LogP contribution in [0.3, 0.4) is 0 Å². The number of amides is 2. The number of nitrogens with one attached hydrogen (secondary N) is 2. The summed E-state index contributed by atoms with van der Waals surface area (Å²) in [6, 6.07) is 4.83. The van der Waals surface area contributed by atoms with Crippen molar-refractivity contribution in [2.24, 2.45) is 0 Å². The van der Waals surface area contributed by atoms with Gasteiger partial charge in [-0.1, -0.05) is 11.6 Å². The molecule has 2 rings (SSSR count). The molecule has 1 saturated carbocycles. The van der Waals surface area contributed by atoms with Gasteiger partial charge in [-0.05, 0) is 57.2 Å². The molecule has 1 atom stereocenters. The average Bonchev–Trinajstić information content (AvgIpc) is 2.95. The lowest BCUT2D eigenvalue weighted by molar-refractivity contribution is 0.210. The van der Waals surface area contributed by atoms with E-state index in [0.29, 0.717) is 22.9 Å². The highest BCUT2D eigenvalue weighted by Gasteiger charge is 2.18. The zero-order chi connectivity index (χ0) is 15.9. The summed E-state index contributed by atoms with van der Waals surface area (Å²) in [5.41, 5.74) is 0.609. The van der Waals surface area contributed by atoms with Crippen molar-refractivity contribution >= 4 is 23.3 Å². The van der Waals surface area contributed by atoms with Crippen LogP contribution in [-0.2, 0) is 0 Å². The fourth-order valence-electron chi connectivity index (χ4n) is 2.52. The maximum atomic E-state index is 11.8. The lowest BCUT2D eigenvalue weighted by Gasteiger charge is -2.16. The molecule has 0 aliphatic heterocycles. The fourth-order valence-corrected chi connectivity index (χ4v) is 2.74. The van der Waals surface area contributed by atoms with E-state index < -0.39 is 0 Å². The van der Waals surface area contributed by atoms with Gasteiger partial charge in [-0.3, -0.25) is 0 Å². The molecule has 5 nitrogen and oxygen atoms in total. The smallest absolute Gasteiger partial charge is 0.319 e. The number of aliphatic hydroxyl groups is 1. The highest BCUT2D eigenvalue weighted by atomic mass is 35.5. The maximum absolute atomic E-state index is 11.8. The normalized spacial score (nSPS) is 16.3. The molecule has 0 saturated heterocycles. The summed E-state index contributed by atoms with van der Waals surface area (Å²) in [7, 11) is 0. The van der Waals surface area contributed by atoms with Crippen LogP contribution >= 0.6 is 11.6 Å². The summed E-state index contributed by atoms with van der Waals surface area (Å²) in [5.74, 6) is 0.660. The summed E-state index contributed by atoms with van der Waals surface area (Å²) in [5, 5.41) is 14.8. The number of urea groups is 1. The minimum absolute atomic E-state index is 0.0421. The van der Waals surface area contributed by atoms with E-state index in [1.807, 2.05) is 6.92 Å². The van der Waals surface area contributed by atoms with Gasteiger partial charge in [-0.15, -0.1) is 0 Å². The first-order valence-electron chi connectivity index (χ1n) is 7.73. The second-order valence-electron chi connectivity index (χ2n) is 5.68. The Morgan fingerprint density at radius 1 is 1.45 bits per heavy atom. The first-order valence-corrected chi connectivity index (χ1v) is 8.11. The average molecular weight is 327 g/mol. The van der Waals surface area contributed by atoms with E-state index in [2.05, 4.69) is 10.6 Å². The third-order valence-electron chi connectivity index (χ3n) is 3.73. The van der Waals surface area contributed by atoms with Crippen molar-refractivity contribution in [2.45, 2.75) is 51.2 Å². The Kier molecular flexibility index (Phi) is 6.34. The molecule has 1 aliphatic rings. The Labute approximate surface area is 136 Å². The predicted molar refractivity (Wildman–Crippen MR) is 87.7 cm³/mol. The van der Waals surface area contributed by atoms with Gasteiger partial charge in [0.1, 0.15) is 5.75 Å². The number of rotatable bonds is 6. The standard InChI is InChI=1S/C16H23ClN2O3/c1-11(8-9-20)18-16(21)19-12-6-7-15(14(17)10-12)22-13-4-2-3-5-13/h6-7,10-11,13,20H,2-5,8-9H2,1H3,(H2,18,19,21)/t11-/m1/s1. The van der Waals surface area contributed by atoms with Gasteiger partial charge in [0.15, 0.2) is 0 Å². The van der Waals surface area contributed by atoms with E-state index >= 15 is 0 Å². The third-order valence-corrected chi connectivity index (χ3v) is 4.02. The maximum Gasteiger partial charge on any atom is 0.319 e. The molecule has 22 heavy (non-hydrogen) atoms. The number of carbonyl (C=O) groups excluding carboxylic acids is 1. The van der Waals surface area contributed by atoms with Gasteiger partial charge in [-0.25, -0.2) is 4.79 Å². The first-order chi connectivity index (χ1) is 10.6. The van der Waals surface area contributed by atoms with Crippen molar-refractivity contribution in [3.8, 4) is 5.75 Å². The molecule has 3 N–H and O–H groups in total. The molecular weight excluding hydrogens is 304 g/mol. The first kappa shape index (κ1) is 16.9. The van der Waals surface area contributed by atoms with Crippen LogP contribution < -0.4 is 15.4 Å². The Morgan fingerprint density at radius 3 is 2.82 bits per heavy atom. The number of hydrogen-bond acceptors (Lipinski definition) is 3. The van der Waals surface area contributed by atoms with Crippen molar-refractivity contribution in [1.82, 2.24) is 5.32 Å². The van der Waals surface area contributed by atoms with Gasteiger partial charge in [0.2, 0.25) is 0 Å². The molecule has 0 bridgehead atoms. The van der Waals surface area contributed by atoms with E-state index in [1.54, 1.807) is 18.2 Å². The van der Waals surface area contributed by atoms with Crippen LogP contribution in [-0.4, -0.2) is 29.9 Å². The lowest BCUT2D eigenvalue weighted by atomic mass is 10.2. The molecule has 1 aromatic carbocycles. The second kappa shape index (κ2) is 8.25. The van der Waals surface area contributed by atoms with Gasteiger partial charge < -0.3 is 20.5 Å². The van der Waals surface area contributed by atoms with Crippen molar-refractivity contribution in [1.29, 1.82) is 0 Å². The molecule has 0 heterocycles. The Balaban J connectivity index is 1.89. The highest BCUT2D eigenvalue weighted by molar-refractivity contribution is 6.32. The van der Waals surface area contributed by atoms with E-state index in [4.69, 9.17) is 21.4 Å². The SMILES string of the molecule is C[C@H](CCO)NC(=O)Nc1ccc(OC2CCCC2)c(Cl)c1. The van der Waals surface area contributed by atoms with Crippen molar-refractivity contribution in [3.05, 3.63) is 23.2 Å². The summed E-state index contributed by atoms with van der Waals surface area (Å²) in [6.45, 7) is 1.88. The van der Waals surface area contributed by atoms with Crippen LogP contribution in [0.5, 0.6) is 5.75 Å². The molecule has 1 aromatic rings. The number of benzene rings is 1. The zero-order valence-electron chi connectivity index (χ0n) is 12.8. The van der Waals surface area contributed by atoms with Crippen LogP contribution in [0, 0.1) is 0 Å². The molecule has 6 heteroatoms. The van der Waals surface area contributed by atoms with Crippen molar-refractivity contribution in [2.75, 3.05) is 11.9 Å². The number of ether oxygens (including phenoxy) is 1. The predicted octanol–water partition coefficient (Wildman–Crippen LogP) is 3.55. The van der Waals surface area contributed by atoms with Gasteiger partial charge in [0.05, 0.1) is 11.1 Å². The molecule has 0 unspecified atom stereocenters. The van der Waals surface area contributed by atoms with E-state index in [0.717, 1.165) is 12.8 Å². The number of halogens is 1. The zero-order valence-corrected chi connectivity index (χ0v) is 13.5. The summed E-state index contributed by atoms with van der Waals surface area (Å²) >= 11 is 6.22. The number of carbonyl (C=O) groups is 1. The number of hydrogen-bond donors (Lipinski definition) is 3. The molecule has 1 fully saturated rings. The monoisotopic (exact) mass is 326 g/mol. The quantitative estimate of drug-likeness (QED) is 0.748. The summed E-state index contributed by atoms with van der Waals surface area (Å²) in [4.78, 5) is 11.8. The molecule has 0 spiro atoms. The molecule has 2 amide bonds. The molecular formula is C16H23ClN2O3. The van der Waals surface area contributed by atoms with Crippen LogP contribution in [0.1, 0.15) is 39.0 Å². The summed E-state index contributed by atoms with van der Waals surface area (Å²) < 4.78 is 5.87. The number of anilines is 1. The Hall–Kier alpha value is -1.46. The van der Waals surface area contributed by atoms with Crippen LogP contribution in [0.25, 0.3) is 0 Å². The van der Waals surface area contributed by atoms with E-state index in [9.17, 15) is 4.79 Å². The number of aliphatic hydroxyl groups excluding tert-OH is 1. The molecule has 0 aromatic heterocycles. The van der Waals surface area contributed by atoms with Gasteiger partial charge in [-0.2, -0.15) is 0 Å². The highest BCUT2D eigenvalue weighted by Crippen LogP contribution is 2.31. The van der Waals surface area contributed by atoms with Crippen molar-refractivity contribution < 1.29 is 14.6 Å². The Morgan fingerprint density at radius 2 is 2.18 bits per heavy atom. The molecule has 0 radical (unpaired) electrons. The topological polar surface area (TPSA) is 70.6 Å². The van der Waals surface area contributed by atoms with Gasteiger partial charge >= 0.3 is 6.03 Å². The van der Waals surface area contributed by atoms with E-state index in [-0.39, 0.29) is 24.8 Å². The molecule has 1 aliphatic carbocycles. The van der Waals surface area contributed by atoms with Crippen LogP contribution in [0.15, 0.2) is 18.2 Å². The van der Waals surface area contributed by atoms with Crippen LogP contribution in [0.2, 0.25) is 5.02 Å². The fraction of sp³-hybridized carbons (Fsp3) is 0.562. The Bertz CT molecular complexity index is 504. The van der Waals surface area contributed by atoms with Crippen LogP contribution in [0.4, 0.5) is 10.5 Å². The van der Waals surface area contributed by atoms with E-state index in [1.165, 1.54) is 12.8 Å². The largest absolute Gasteiger partial charge is 0.489 e. The van der Waals surface area contributed by atoms with Crippen molar-refractivity contribution in [3.63, 3.8) is 0 Å². The van der Waals surface area contributed by atoms with Gasteiger partial charge in [0.25, 0.3) is 0 Å². The minimum atomic E-state index is -0.318. The lowest BCUT2D eigenvalue weighted by Crippen LogP contribution is -2.36. The minimum Gasteiger partial charge on any atom is -0.489 e. The third kappa shape index (κ3) is 5.07. The van der Waals surface area contributed by atoms with Gasteiger partial charge in [0, 0.05) is 18.3 Å². The molecule has 122 valence electrons. The summed E-state index contributed by atoms with van der Waals surface area (Å²) in [6.07, 6.45) is 5.31.